The van der Waals surface area contributed by atoms with Crippen molar-refractivity contribution in [1.29, 1.82) is 0 Å². The second kappa shape index (κ2) is 8.32. The lowest BCUT2D eigenvalue weighted by Crippen LogP contribution is -2.52. The molecule has 3 nitrogen and oxygen atoms in total. The van der Waals surface area contributed by atoms with Crippen LogP contribution in [-0.4, -0.2) is 42.9 Å². The van der Waals surface area contributed by atoms with Crippen LogP contribution >= 0.6 is 0 Å². The fourth-order valence-corrected chi connectivity index (χ4v) is 3.28. The third-order valence-electron chi connectivity index (χ3n) is 4.69. The number of hydrogen-bond donors (Lipinski definition) is 1. The average Bonchev–Trinajstić information content (AvgIpc) is 2.63. The first kappa shape index (κ1) is 17.7. The van der Waals surface area contributed by atoms with Crippen LogP contribution in [0.25, 0.3) is 0 Å². The van der Waals surface area contributed by atoms with E-state index in [0.717, 1.165) is 19.6 Å². The molecule has 1 unspecified atom stereocenters. The monoisotopic (exact) mass is 344 g/mol. The van der Waals surface area contributed by atoms with Crippen molar-refractivity contribution in [2.45, 2.75) is 18.9 Å². The van der Waals surface area contributed by atoms with Crippen molar-refractivity contribution in [3.8, 4) is 0 Å². The zero-order valence-corrected chi connectivity index (χ0v) is 14.1. The number of carbonyl (C=O) groups is 1. The maximum atomic E-state index is 13.9. The SMILES string of the molecule is O=C(CCN1CCNCC1Cc1ccccc1F)c1ccccc1F. The number of nitrogens with one attached hydrogen (secondary N) is 1. The number of hydrogen-bond acceptors (Lipinski definition) is 3. The van der Waals surface area contributed by atoms with E-state index in [1.807, 2.05) is 6.07 Å². The van der Waals surface area contributed by atoms with Crippen LogP contribution in [0.2, 0.25) is 0 Å². The van der Waals surface area contributed by atoms with E-state index in [0.29, 0.717) is 18.5 Å². The molecule has 132 valence electrons. The summed E-state index contributed by atoms with van der Waals surface area (Å²) >= 11 is 0. The summed E-state index contributed by atoms with van der Waals surface area (Å²) in [5, 5.41) is 3.32. The van der Waals surface area contributed by atoms with Crippen molar-refractivity contribution in [2.75, 3.05) is 26.2 Å². The Kier molecular flexibility index (Phi) is 5.89. The van der Waals surface area contributed by atoms with Crippen molar-refractivity contribution in [1.82, 2.24) is 10.2 Å². The van der Waals surface area contributed by atoms with Crippen LogP contribution in [0.3, 0.4) is 0 Å². The molecule has 0 bridgehead atoms. The van der Waals surface area contributed by atoms with E-state index in [1.165, 1.54) is 18.2 Å². The van der Waals surface area contributed by atoms with Gasteiger partial charge >= 0.3 is 0 Å². The Balaban J connectivity index is 1.62. The molecule has 1 atom stereocenters. The highest BCUT2D eigenvalue weighted by atomic mass is 19.1. The summed E-state index contributed by atoms with van der Waals surface area (Å²) in [6.45, 7) is 2.93. The molecular formula is C20H22F2N2O. The van der Waals surface area contributed by atoms with E-state index >= 15 is 0 Å². The highest BCUT2D eigenvalue weighted by Crippen LogP contribution is 2.16. The number of ketones is 1. The largest absolute Gasteiger partial charge is 0.314 e. The molecule has 1 heterocycles. The first-order valence-corrected chi connectivity index (χ1v) is 8.61. The van der Waals surface area contributed by atoms with Gasteiger partial charge in [0.2, 0.25) is 0 Å². The summed E-state index contributed by atoms with van der Waals surface area (Å²) in [5.74, 6) is -0.868. The molecule has 5 heteroatoms. The average molecular weight is 344 g/mol. The van der Waals surface area contributed by atoms with E-state index in [2.05, 4.69) is 10.2 Å². The van der Waals surface area contributed by atoms with Gasteiger partial charge in [-0.05, 0) is 30.2 Å². The predicted octanol–water partition coefficient (Wildman–Crippen LogP) is 3.05. The van der Waals surface area contributed by atoms with E-state index in [-0.39, 0.29) is 29.6 Å². The molecule has 2 aromatic rings. The molecule has 0 aromatic heterocycles. The summed E-state index contributed by atoms with van der Waals surface area (Å²) in [4.78, 5) is 14.5. The number of piperazine rings is 1. The number of Topliss-reactive ketones (excluding diaryl/α,β-unsaturated/α-hetero) is 1. The molecule has 1 fully saturated rings. The molecule has 0 radical (unpaired) electrons. The van der Waals surface area contributed by atoms with Crippen LogP contribution in [0.5, 0.6) is 0 Å². The second-order valence-electron chi connectivity index (χ2n) is 6.34. The number of nitrogens with zero attached hydrogens (tertiary/aromatic N) is 1. The van der Waals surface area contributed by atoms with Gasteiger partial charge in [-0.2, -0.15) is 0 Å². The first-order chi connectivity index (χ1) is 12.1. The Labute approximate surface area is 146 Å². The van der Waals surface area contributed by atoms with Crippen molar-refractivity contribution in [3.63, 3.8) is 0 Å². The van der Waals surface area contributed by atoms with E-state index in [9.17, 15) is 13.6 Å². The molecule has 25 heavy (non-hydrogen) atoms. The third-order valence-corrected chi connectivity index (χ3v) is 4.69. The topological polar surface area (TPSA) is 32.3 Å². The molecule has 0 saturated carbocycles. The summed E-state index contributed by atoms with van der Waals surface area (Å²) in [6.07, 6.45) is 0.849. The molecule has 2 aromatic carbocycles. The molecule has 0 spiro atoms. The van der Waals surface area contributed by atoms with Gasteiger partial charge in [-0.15, -0.1) is 0 Å². The molecule has 0 amide bonds. The fourth-order valence-electron chi connectivity index (χ4n) is 3.28. The Morgan fingerprint density at radius 2 is 1.80 bits per heavy atom. The number of halogens is 2. The highest BCUT2D eigenvalue weighted by Gasteiger charge is 2.24. The maximum absolute atomic E-state index is 13.9. The number of carbonyl (C=O) groups excluding carboxylic acids is 1. The van der Waals surface area contributed by atoms with Crippen molar-refractivity contribution in [3.05, 3.63) is 71.3 Å². The van der Waals surface area contributed by atoms with Gasteiger partial charge in [0.15, 0.2) is 5.78 Å². The smallest absolute Gasteiger partial charge is 0.167 e. The standard InChI is InChI=1S/C20H22F2N2O/c21-18-7-3-1-5-15(18)13-16-14-23-10-12-24(16)11-9-20(25)17-6-2-4-8-19(17)22/h1-8,16,23H,9-14H2. The summed E-state index contributed by atoms with van der Waals surface area (Å²) in [5.41, 5.74) is 0.824. The van der Waals surface area contributed by atoms with Crippen LogP contribution in [0.15, 0.2) is 48.5 Å². The minimum atomic E-state index is -0.476. The van der Waals surface area contributed by atoms with Gasteiger partial charge in [0.25, 0.3) is 0 Å². The van der Waals surface area contributed by atoms with Crippen LogP contribution in [0, 0.1) is 11.6 Å². The zero-order valence-electron chi connectivity index (χ0n) is 14.1. The molecule has 1 saturated heterocycles. The van der Waals surface area contributed by atoms with Gasteiger partial charge in [0.1, 0.15) is 11.6 Å². The fraction of sp³-hybridized carbons (Fsp3) is 0.350. The lowest BCUT2D eigenvalue weighted by Gasteiger charge is -2.36. The molecule has 1 aliphatic heterocycles. The molecule has 1 aliphatic rings. The Morgan fingerprint density at radius 1 is 1.08 bits per heavy atom. The van der Waals surface area contributed by atoms with E-state index < -0.39 is 5.82 Å². The van der Waals surface area contributed by atoms with E-state index in [1.54, 1.807) is 24.3 Å². The summed E-state index contributed by atoms with van der Waals surface area (Å²) in [6, 6.07) is 13.0. The molecule has 1 N–H and O–H groups in total. The lowest BCUT2D eigenvalue weighted by molar-refractivity contribution is 0.0931. The van der Waals surface area contributed by atoms with Crippen molar-refractivity contribution < 1.29 is 13.6 Å². The first-order valence-electron chi connectivity index (χ1n) is 8.61. The van der Waals surface area contributed by atoms with Gasteiger partial charge in [-0.1, -0.05) is 30.3 Å². The molecule has 3 rings (SSSR count). The molecule has 0 aliphatic carbocycles. The lowest BCUT2D eigenvalue weighted by atomic mass is 10.0. The highest BCUT2D eigenvalue weighted by molar-refractivity contribution is 5.96. The third kappa shape index (κ3) is 4.50. The summed E-state index contributed by atoms with van der Waals surface area (Å²) < 4.78 is 27.6. The van der Waals surface area contributed by atoms with Crippen molar-refractivity contribution in [2.24, 2.45) is 0 Å². The second-order valence-corrected chi connectivity index (χ2v) is 6.34. The van der Waals surface area contributed by atoms with Gasteiger partial charge < -0.3 is 5.32 Å². The summed E-state index contributed by atoms with van der Waals surface area (Å²) in [7, 11) is 0. The van der Waals surface area contributed by atoms with Crippen LogP contribution in [-0.2, 0) is 6.42 Å². The van der Waals surface area contributed by atoms with Crippen LogP contribution < -0.4 is 5.32 Å². The quantitative estimate of drug-likeness (QED) is 0.818. The van der Waals surface area contributed by atoms with Gasteiger partial charge in [0, 0.05) is 38.6 Å². The number of rotatable bonds is 6. The normalized spacial score (nSPS) is 18.2. The Bertz CT molecular complexity index is 735. The van der Waals surface area contributed by atoms with Crippen LogP contribution in [0.1, 0.15) is 22.3 Å². The Hall–Kier alpha value is -2.11. The van der Waals surface area contributed by atoms with Gasteiger partial charge in [-0.3, -0.25) is 9.69 Å². The van der Waals surface area contributed by atoms with E-state index in [4.69, 9.17) is 0 Å². The zero-order chi connectivity index (χ0) is 17.6. The predicted molar refractivity (Wildman–Crippen MR) is 93.7 cm³/mol. The molecular weight excluding hydrogens is 322 g/mol. The minimum Gasteiger partial charge on any atom is -0.314 e. The van der Waals surface area contributed by atoms with Gasteiger partial charge in [-0.25, -0.2) is 8.78 Å². The van der Waals surface area contributed by atoms with Crippen molar-refractivity contribution >= 4 is 5.78 Å². The minimum absolute atomic E-state index is 0.124. The Morgan fingerprint density at radius 3 is 2.56 bits per heavy atom. The van der Waals surface area contributed by atoms with Gasteiger partial charge in [0.05, 0.1) is 5.56 Å². The maximum Gasteiger partial charge on any atom is 0.167 e. The number of benzene rings is 2. The van der Waals surface area contributed by atoms with Crippen LogP contribution in [0.4, 0.5) is 8.78 Å².